The molecule has 0 fully saturated rings. The van der Waals surface area contributed by atoms with Crippen molar-refractivity contribution in [1.82, 2.24) is 0 Å². The predicted octanol–water partition coefficient (Wildman–Crippen LogP) is 4.86. The first-order chi connectivity index (χ1) is 9.99. The van der Waals surface area contributed by atoms with Crippen LogP contribution < -0.4 is 11.1 Å². The van der Waals surface area contributed by atoms with Crippen LogP contribution in [-0.2, 0) is 0 Å². The molecular formula is C19H28N2. The minimum atomic E-state index is -0.0770. The standard InChI is InChI=1S/C19H28N2/c1-4-5-13-18(2,3)19(14-11-16(20)12-15-19)21-17-9-7-6-8-10-17/h6-12,14,21H,4-5,13,15,20H2,1-3H3. The number of hydrogen-bond donors (Lipinski definition) is 2. The second-order valence-corrected chi connectivity index (χ2v) is 6.69. The van der Waals surface area contributed by atoms with E-state index in [9.17, 15) is 0 Å². The number of nitrogens with one attached hydrogen (secondary N) is 1. The third kappa shape index (κ3) is 3.49. The molecule has 2 nitrogen and oxygen atoms in total. The highest BCUT2D eigenvalue weighted by Gasteiger charge is 2.42. The van der Waals surface area contributed by atoms with Crippen molar-refractivity contribution in [3.05, 3.63) is 54.3 Å². The largest absolute Gasteiger partial charge is 0.399 e. The molecule has 3 N–H and O–H groups in total. The van der Waals surface area contributed by atoms with E-state index in [1.807, 2.05) is 6.08 Å². The van der Waals surface area contributed by atoms with Crippen molar-refractivity contribution < 1.29 is 0 Å². The van der Waals surface area contributed by atoms with Crippen molar-refractivity contribution >= 4 is 5.69 Å². The molecule has 2 rings (SSSR count). The van der Waals surface area contributed by atoms with Gasteiger partial charge >= 0.3 is 0 Å². The van der Waals surface area contributed by atoms with Crippen LogP contribution in [0.2, 0.25) is 0 Å². The van der Waals surface area contributed by atoms with E-state index >= 15 is 0 Å². The fourth-order valence-corrected chi connectivity index (χ4v) is 3.04. The highest BCUT2D eigenvalue weighted by atomic mass is 15.0. The van der Waals surface area contributed by atoms with Crippen molar-refractivity contribution in [2.24, 2.45) is 11.1 Å². The van der Waals surface area contributed by atoms with E-state index in [-0.39, 0.29) is 11.0 Å². The zero-order valence-corrected chi connectivity index (χ0v) is 13.5. The molecule has 0 aliphatic heterocycles. The Balaban J connectivity index is 2.29. The molecule has 114 valence electrons. The van der Waals surface area contributed by atoms with E-state index in [1.165, 1.54) is 24.9 Å². The molecule has 1 aromatic carbocycles. The van der Waals surface area contributed by atoms with E-state index in [0.29, 0.717) is 0 Å². The lowest BCUT2D eigenvalue weighted by atomic mass is 9.66. The molecule has 0 bridgehead atoms. The van der Waals surface area contributed by atoms with Crippen LogP contribution in [0.1, 0.15) is 46.5 Å². The second kappa shape index (κ2) is 6.38. The van der Waals surface area contributed by atoms with Gasteiger partial charge in [-0.1, -0.05) is 64.0 Å². The van der Waals surface area contributed by atoms with Gasteiger partial charge in [0.05, 0.1) is 5.54 Å². The molecule has 0 amide bonds. The summed E-state index contributed by atoms with van der Waals surface area (Å²) < 4.78 is 0. The van der Waals surface area contributed by atoms with E-state index in [2.05, 4.69) is 68.6 Å². The number of anilines is 1. The van der Waals surface area contributed by atoms with Crippen molar-refractivity contribution in [3.63, 3.8) is 0 Å². The van der Waals surface area contributed by atoms with Gasteiger partial charge < -0.3 is 11.1 Å². The first-order valence-corrected chi connectivity index (χ1v) is 7.97. The fraction of sp³-hybridized carbons (Fsp3) is 0.474. The number of para-hydroxylation sites is 1. The predicted molar refractivity (Wildman–Crippen MR) is 92.1 cm³/mol. The average molecular weight is 284 g/mol. The Hall–Kier alpha value is -1.70. The molecule has 21 heavy (non-hydrogen) atoms. The van der Waals surface area contributed by atoms with E-state index in [4.69, 9.17) is 5.73 Å². The SMILES string of the molecule is CCCCC(C)(C)C1(Nc2ccccc2)C=CC(N)=CC1. The summed E-state index contributed by atoms with van der Waals surface area (Å²) in [5.41, 5.74) is 8.06. The Morgan fingerprint density at radius 2 is 1.95 bits per heavy atom. The lowest BCUT2D eigenvalue weighted by Crippen LogP contribution is -2.50. The normalized spacial score (nSPS) is 22.0. The molecule has 0 aromatic heterocycles. The minimum Gasteiger partial charge on any atom is -0.399 e. The molecule has 1 aliphatic rings. The molecule has 0 radical (unpaired) electrons. The van der Waals surface area contributed by atoms with Crippen LogP contribution in [0.15, 0.2) is 54.3 Å². The zero-order chi connectivity index (χ0) is 15.3. The van der Waals surface area contributed by atoms with Gasteiger partial charge in [-0.15, -0.1) is 0 Å². The molecule has 0 heterocycles. The molecule has 1 aliphatic carbocycles. The highest BCUT2D eigenvalue weighted by molar-refractivity contribution is 5.50. The van der Waals surface area contributed by atoms with Gasteiger partial charge in [0.25, 0.3) is 0 Å². The summed E-state index contributed by atoms with van der Waals surface area (Å²) in [7, 11) is 0. The van der Waals surface area contributed by atoms with Gasteiger partial charge in [0.15, 0.2) is 0 Å². The van der Waals surface area contributed by atoms with Crippen LogP contribution in [0, 0.1) is 5.41 Å². The summed E-state index contributed by atoms with van der Waals surface area (Å²) >= 11 is 0. The van der Waals surface area contributed by atoms with Crippen LogP contribution in [0.3, 0.4) is 0 Å². The van der Waals surface area contributed by atoms with Gasteiger partial charge in [-0.25, -0.2) is 0 Å². The van der Waals surface area contributed by atoms with Crippen LogP contribution in [0.25, 0.3) is 0 Å². The van der Waals surface area contributed by atoms with Gasteiger partial charge in [0.2, 0.25) is 0 Å². The molecule has 2 heteroatoms. The van der Waals surface area contributed by atoms with Gasteiger partial charge in [-0.3, -0.25) is 0 Å². The Morgan fingerprint density at radius 1 is 1.24 bits per heavy atom. The summed E-state index contributed by atoms with van der Waals surface area (Å²) in [6.45, 7) is 6.97. The number of nitrogens with two attached hydrogens (primary N) is 1. The van der Waals surface area contributed by atoms with Crippen LogP contribution in [-0.4, -0.2) is 5.54 Å². The smallest absolute Gasteiger partial charge is 0.0645 e. The number of benzene rings is 1. The van der Waals surface area contributed by atoms with Crippen molar-refractivity contribution in [2.45, 2.75) is 52.0 Å². The zero-order valence-electron chi connectivity index (χ0n) is 13.5. The molecular weight excluding hydrogens is 256 g/mol. The van der Waals surface area contributed by atoms with Crippen LogP contribution in [0.4, 0.5) is 5.69 Å². The Labute approximate surface area is 129 Å². The Kier molecular flexibility index (Phi) is 4.76. The number of unbranched alkanes of at least 4 members (excludes halogenated alkanes) is 1. The Morgan fingerprint density at radius 3 is 2.52 bits per heavy atom. The average Bonchev–Trinajstić information content (AvgIpc) is 2.48. The van der Waals surface area contributed by atoms with Gasteiger partial charge in [0.1, 0.15) is 0 Å². The lowest BCUT2D eigenvalue weighted by molar-refractivity contribution is 0.209. The fourth-order valence-electron chi connectivity index (χ4n) is 3.04. The number of hydrogen-bond acceptors (Lipinski definition) is 2. The van der Waals surface area contributed by atoms with E-state index < -0.39 is 0 Å². The monoisotopic (exact) mass is 284 g/mol. The van der Waals surface area contributed by atoms with Crippen molar-refractivity contribution in [3.8, 4) is 0 Å². The third-order valence-corrected chi connectivity index (χ3v) is 4.72. The summed E-state index contributed by atoms with van der Waals surface area (Å²) in [6.07, 6.45) is 11.1. The summed E-state index contributed by atoms with van der Waals surface area (Å²) in [6, 6.07) is 10.5. The first-order valence-electron chi connectivity index (χ1n) is 7.97. The molecule has 1 atom stereocenters. The summed E-state index contributed by atoms with van der Waals surface area (Å²) in [5.74, 6) is 0. The van der Waals surface area contributed by atoms with Gasteiger partial charge in [-0.2, -0.15) is 0 Å². The maximum Gasteiger partial charge on any atom is 0.0645 e. The summed E-state index contributed by atoms with van der Waals surface area (Å²) in [4.78, 5) is 0. The minimum absolute atomic E-state index is 0.0770. The van der Waals surface area contributed by atoms with E-state index in [0.717, 1.165) is 12.1 Å². The highest BCUT2D eigenvalue weighted by Crippen LogP contribution is 2.43. The lowest BCUT2D eigenvalue weighted by Gasteiger charge is -2.47. The molecule has 0 spiro atoms. The van der Waals surface area contributed by atoms with Crippen molar-refractivity contribution in [2.75, 3.05) is 5.32 Å². The topological polar surface area (TPSA) is 38.0 Å². The number of rotatable bonds is 6. The van der Waals surface area contributed by atoms with Crippen LogP contribution in [0.5, 0.6) is 0 Å². The summed E-state index contributed by atoms with van der Waals surface area (Å²) in [5, 5.41) is 3.78. The van der Waals surface area contributed by atoms with E-state index in [1.54, 1.807) is 0 Å². The third-order valence-electron chi connectivity index (χ3n) is 4.72. The van der Waals surface area contributed by atoms with Gasteiger partial charge in [0, 0.05) is 11.4 Å². The molecule has 0 saturated carbocycles. The molecule has 0 saturated heterocycles. The van der Waals surface area contributed by atoms with Gasteiger partial charge in [-0.05, 0) is 36.5 Å². The quantitative estimate of drug-likeness (QED) is 0.783. The maximum atomic E-state index is 5.94. The Bertz CT molecular complexity index is 514. The number of allylic oxidation sites excluding steroid dienone is 1. The van der Waals surface area contributed by atoms with Crippen LogP contribution >= 0.6 is 0 Å². The molecule has 1 unspecified atom stereocenters. The maximum absolute atomic E-state index is 5.94. The molecule has 1 aromatic rings. The first kappa shape index (κ1) is 15.7. The van der Waals surface area contributed by atoms with Crippen molar-refractivity contribution in [1.29, 1.82) is 0 Å². The second-order valence-electron chi connectivity index (χ2n) is 6.69.